The number of aryl methyl sites for hydroxylation is 1. The highest BCUT2D eigenvalue weighted by molar-refractivity contribution is 7.13. The number of rotatable bonds is 8. The largest absolute Gasteiger partial charge is 0.497 e. The Morgan fingerprint density at radius 2 is 1.73 bits per heavy atom. The summed E-state index contributed by atoms with van der Waals surface area (Å²) < 4.78 is 10.4. The smallest absolute Gasteiger partial charge is 0.286 e. The molecule has 0 aliphatic carbocycles. The van der Waals surface area contributed by atoms with Crippen LogP contribution in [0.15, 0.2) is 42.5 Å². The van der Waals surface area contributed by atoms with Crippen LogP contribution >= 0.6 is 22.9 Å². The number of methoxy groups -OCH3 is 2. The average Bonchev–Trinajstić information content (AvgIpc) is 3.21. The van der Waals surface area contributed by atoms with E-state index >= 15 is 0 Å². The van der Waals surface area contributed by atoms with E-state index in [4.69, 9.17) is 21.1 Å². The number of carbonyl (C=O) groups excluding carboxylic acids is 2. The van der Waals surface area contributed by atoms with Gasteiger partial charge in [-0.25, -0.2) is 0 Å². The molecule has 1 heterocycles. The van der Waals surface area contributed by atoms with E-state index in [0.717, 1.165) is 11.3 Å². The lowest BCUT2D eigenvalue weighted by Gasteiger charge is -2.09. The normalized spacial score (nSPS) is 10.4. The maximum Gasteiger partial charge on any atom is 0.286 e. The third-order valence-electron chi connectivity index (χ3n) is 3.94. The molecule has 0 aliphatic heterocycles. The van der Waals surface area contributed by atoms with Crippen LogP contribution in [0.1, 0.15) is 21.2 Å². The van der Waals surface area contributed by atoms with Crippen molar-refractivity contribution in [3.63, 3.8) is 0 Å². The van der Waals surface area contributed by atoms with Crippen molar-refractivity contribution in [2.24, 2.45) is 0 Å². The second-order valence-electron chi connectivity index (χ2n) is 6.11. The fourth-order valence-corrected chi connectivity index (χ4v) is 3.45. The minimum absolute atomic E-state index is 0.185. The molecule has 10 heteroatoms. The summed E-state index contributed by atoms with van der Waals surface area (Å²) in [5.74, 6) is 0.563. The highest BCUT2D eigenvalue weighted by Gasteiger charge is 2.14. The van der Waals surface area contributed by atoms with Crippen LogP contribution in [0, 0.1) is 0 Å². The number of benzene rings is 2. The Morgan fingerprint density at radius 1 is 1.00 bits per heavy atom. The van der Waals surface area contributed by atoms with E-state index in [0.29, 0.717) is 39.3 Å². The van der Waals surface area contributed by atoms with Gasteiger partial charge < -0.3 is 20.1 Å². The molecule has 156 valence electrons. The van der Waals surface area contributed by atoms with Crippen molar-refractivity contribution in [2.45, 2.75) is 12.8 Å². The molecule has 3 aromatic rings. The van der Waals surface area contributed by atoms with Crippen molar-refractivity contribution in [2.75, 3.05) is 24.9 Å². The van der Waals surface area contributed by atoms with Crippen LogP contribution in [-0.4, -0.2) is 36.2 Å². The molecule has 0 atom stereocenters. The maximum atomic E-state index is 12.3. The van der Waals surface area contributed by atoms with Gasteiger partial charge in [0.05, 0.1) is 14.2 Å². The first-order valence-corrected chi connectivity index (χ1v) is 10.1. The lowest BCUT2D eigenvalue weighted by atomic mass is 10.2. The second-order valence-corrected chi connectivity index (χ2v) is 7.61. The van der Waals surface area contributed by atoms with Crippen molar-refractivity contribution in [3.05, 3.63) is 57.5 Å². The third kappa shape index (κ3) is 5.91. The zero-order valence-electron chi connectivity index (χ0n) is 16.3. The van der Waals surface area contributed by atoms with Gasteiger partial charge in [-0.1, -0.05) is 29.0 Å². The zero-order chi connectivity index (χ0) is 21.5. The van der Waals surface area contributed by atoms with Crippen molar-refractivity contribution in [1.29, 1.82) is 0 Å². The minimum Gasteiger partial charge on any atom is -0.497 e. The fourth-order valence-electron chi connectivity index (χ4n) is 2.52. The number of hydrogen-bond donors (Lipinski definition) is 2. The summed E-state index contributed by atoms with van der Waals surface area (Å²) in [5, 5.41) is 14.7. The number of aromatic nitrogens is 2. The van der Waals surface area contributed by atoms with Gasteiger partial charge in [-0.2, -0.15) is 0 Å². The van der Waals surface area contributed by atoms with Crippen molar-refractivity contribution in [1.82, 2.24) is 10.2 Å². The molecule has 0 unspecified atom stereocenters. The Morgan fingerprint density at radius 3 is 2.40 bits per heavy atom. The number of ether oxygens (including phenoxy) is 2. The first-order valence-electron chi connectivity index (χ1n) is 8.89. The summed E-state index contributed by atoms with van der Waals surface area (Å²) in [6, 6.07) is 11.9. The third-order valence-corrected chi connectivity index (χ3v) is 5.16. The highest BCUT2D eigenvalue weighted by atomic mass is 35.5. The van der Waals surface area contributed by atoms with Gasteiger partial charge in [0, 0.05) is 47.4 Å². The van der Waals surface area contributed by atoms with Crippen LogP contribution in [0.2, 0.25) is 5.02 Å². The van der Waals surface area contributed by atoms with Crippen LogP contribution in [0.5, 0.6) is 11.5 Å². The number of anilines is 2. The summed E-state index contributed by atoms with van der Waals surface area (Å²) in [6.07, 6.45) is 0.541. The molecule has 0 aliphatic rings. The van der Waals surface area contributed by atoms with Gasteiger partial charge in [0.15, 0.2) is 0 Å². The van der Waals surface area contributed by atoms with Gasteiger partial charge >= 0.3 is 0 Å². The van der Waals surface area contributed by atoms with Gasteiger partial charge in [-0.15, -0.1) is 10.2 Å². The second kappa shape index (κ2) is 10.0. The minimum atomic E-state index is -0.381. The number of amides is 2. The number of nitrogens with zero attached hydrogens (tertiary/aromatic N) is 2. The molecule has 2 N–H and O–H groups in total. The SMILES string of the molecule is COc1cc(NC(=O)CCc2nnc(C(=O)Nc3cccc(Cl)c3)s2)cc(OC)c1. The number of carbonyl (C=O) groups is 2. The number of hydrogen-bond acceptors (Lipinski definition) is 7. The Kier molecular flexibility index (Phi) is 7.21. The predicted octanol–water partition coefficient (Wildman–Crippen LogP) is 4.03. The first kappa shape index (κ1) is 21.5. The molecule has 0 fully saturated rings. The average molecular weight is 447 g/mol. The van der Waals surface area contributed by atoms with Crippen molar-refractivity contribution >= 4 is 46.1 Å². The molecule has 0 bridgehead atoms. The Hall–Kier alpha value is -3.17. The predicted molar refractivity (Wildman–Crippen MR) is 116 cm³/mol. The van der Waals surface area contributed by atoms with E-state index in [1.807, 2.05) is 0 Å². The lowest BCUT2D eigenvalue weighted by molar-refractivity contribution is -0.116. The molecule has 0 spiro atoms. The van der Waals surface area contributed by atoms with Crippen LogP contribution in [0.25, 0.3) is 0 Å². The molecule has 1 aromatic heterocycles. The highest BCUT2D eigenvalue weighted by Crippen LogP contribution is 2.26. The molecule has 2 amide bonds. The van der Waals surface area contributed by atoms with Gasteiger partial charge in [0.25, 0.3) is 5.91 Å². The molecule has 0 radical (unpaired) electrons. The summed E-state index contributed by atoms with van der Waals surface area (Å²) in [7, 11) is 3.08. The van der Waals surface area contributed by atoms with Crippen LogP contribution in [-0.2, 0) is 11.2 Å². The maximum absolute atomic E-state index is 12.3. The monoisotopic (exact) mass is 446 g/mol. The molecule has 3 rings (SSSR count). The van der Waals surface area contributed by atoms with Crippen LogP contribution in [0.4, 0.5) is 11.4 Å². The summed E-state index contributed by atoms with van der Waals surface area (Å²) in [5.41, 5.74) is 1.13. The first-order chi connectivity index (χ1) is 14.5. The zero-order valence-corrected chi connectivity index (χ0v) is 17.8. The van der Waals surface area contributed by atoms with Crippen molar-refractivity contribution < 1.29 is 19.1 Å². The van der Waals surface area contributed by atoms with Gasteiger partial charge in [-0.05, 0) is 18.2 Å². The van der Waals surface area contributed by atoms with E-state index in [1.165, 1.54) is 14.2 Å². The van der Waals surface area contributed by atoms with E-state index < -0.39 is 0 Å². The van der Waals surface area contributed by atoms with Crippen LogP contribution in [0.3, 0.4) is 0 Å². The van der Waals surface area contributed by atoms with Crippen molar-refractivity contribution in [3.8, 4) is 11.5 Å². The number of halogens is 1. The van der Waals surface area contributed by atoms with E-state index in [9.17, 15) is 9.59 Å². The molecular formula is C20H19ClN4O4S. The Balaban J connectivity index is 1.55. The van der Waals surface area contributed by atoms with Crippen LogP contribution < -0.4 is 20.1 Å². The molecule has 0 saturated heterocycles. The van der Waals surface area contributed by atoms with E-state index in [2.05, 4.69) is 20.8 Å². The summed E-state index contributed by atoms with van der Waals surface area (Å²) in [6.45, 7) is 0. The quantitative estimate of drug-likeness (QED) is 0.541. The molecule has 30 heavy (non-hydrogen) atoms. The summed E-state index contributed by atoms with van der Waals surface area (Å²) >= 11 is 7.05. The fraction of sp³-hybridized carbons (Fsp3) is 0.200. The molecule has 0 saturated carbocycles. The lowest BCUT2D eigenvalue weighted by Crippen LogP contribution is -2.12. The number of nitrogens with one attached hydrogen (secondary N) is 2. The van der Waals surface area contributed by atoms with Gasteiger partial charge in [0.2, 0.25) is 10.9 Å². The molecule has 2 aromatic carbocycles. The van der Waals surface area contributed by atoms with E-state index in [1.54, 1.807) is 42.5 Å². The molecule has 8 nitrogen and oxygen atoms in total. The topological polar surface area (TPSA) is 102 Å². The Labute approximate surface area is 182 Å². The van der Waals surface area contributed by atoms with Gasteiger partial charge in [-0.3, -0.25) is 9.59 Å². The Bertz CT molecular complexity index is 1030. The summed E-state index contributed by atoms with van der Waals surface area (Å²) in [4.78, 5) is 24.6. The van der Waals surface area contributed by atoms with E-state index in [-0.39, 0.29) is 23.2 Å². The standard InChI is InChI=1S/C20H19ClN4O4S/c1-28-15-9-14(10-16(11-15)29-2)22-17(26)6-7-18-24-25-20(30-18)19(27)23-13-5-3-4-12(21)8-13/h3-5,8-11H,6-7H2,1-2H3,(H,22,26)(H,23,27). The molecular weight excluding hydrogens is 428 g/mol. The van der Waals surface area contributed by atoms with Gasteiger partial charge in [0.1, 0.15) is 16.5 Å².